The van der Waals surface area contributed by atoms with Crippen molar-refractivity contribution in [1.82, 2.24) is 5.32 Å². The van der Waals surface area contributed by atoms with Crippen molar-refractivity contribution >= 4 is 17.7 Å². The molecule has 13 heavy (non-hydrogen) atoms. The molecule has 2 heterocycles. The molecule has 2 unspecified atom stereocenters. The number of thioether (sulfide) groups is 1. The van der Waals surface area contributed by atoms with Gasteiger partial charge in [0.1, 0.15) is 11.5 Å². The van der Waals surface area contributed by atoms with Crippen molar-refractivity contribution in [2.24, 2.45) is 5.92 Å². The second kappa shape index (κ2) is 3.49. The Balaban J connectivity index is 2.17. The van der Waals surface area contributed by atoms with Crippen molar-refractivity contribution in [3.8, 4) is 0 Å². The maximum Gasteiger partial charge on any atom is 0.317 e. The van der Waals surface area contributed by atoms with Gasteiger partial charge in [0.25, 0.3) is 0 Å². The molecule has 0 aromatic carbocycles. The number of hydrogen-bond acceptors (Lipinski definition) is 4. The van der Waals surface area contributed by atoms with Gasteiger partial charge < -0.3 is 15.2 Å². The Kier molecular flexibility index (Phi) is 2.35. The van der Waals surface area contributed by atoms with Crippen molar-refractivity contribution < 1.29 is 14.6 Å². The fourth-order valence-corrected chi connectivity index (χ4v) is 2.74. The number of nitrogens with one attached hydrogen (secondary N) is 1. The van der Waals surface area contributed by atoms with Crippen LogP contribution in [-0.2, 0) is 9.53 Å². The fraction of sp³-hybridized carbons (Fsp3) is 0.625. The number of carboxylic acids is 1. The van der Waals surface area contributed by atoms with Gasteiger partial charge in [0.05, 0.1) is 18.2 Å². The maximum absolute atomic E-state index is 10.9. The van der Waals surface area contributed by atoms with E-state index in [2.05, 4.69) is 5.32 Å². The number of aliphatic carboxylic acids is 1. The van der Waals surface area contributed by atoms with E-state index in [0.717, 1.165) is 12.1 Å². The molecule has 0 bridgehead atoms. The fourth-order valence-electron chi connectivity index (χ4n) is 1.65. The number of rotatable bonds is 1. The number of carboxylic acid groups (broad SMARTS) is 1. The zero-order valence-corrected chi connectivity index (χ0v) is 7.84. The predicted octanol–water partition coefficient (Wildman–Crippen LogP) is 0.611. The van der Waals surface area contributed by atoms with Gasteiger partial charge in [0.15, 0.2) is 0 Å². The van der Waals surface area contributed by atoms with Gasteiger partial charge in [-0.05, 0) is 6.42 Å². The Labute approximate surface area is 80.3 Å². The predicted molar refractivity (Wildman–Crippen MR) is 49.2 cm³/mol. The highest BCUT2D eigenvalue weighted by Crippen LogP contribution is 2.33. The third-order valence-corrected chi connectivity index (χ3v) is 3.50. The van der Waals surface area contributed by atoms with E-state index in [0.29, 0.717) is 12.5 Å². The van der Waals surface area contributed by atoms with Crippen molar-refractivity contribution in [3.05, 3.63) is 12.0 Å². The summed E-state index contributed by atoms with van der Waals surface area (Å²) in [5.41, 5.74) is 0.942. The third kappa shape index (κ3) is 1.60. The van der Waals surface area contributed by atoms with Crippen molar-refractivity contribution in [2.45, 2.75) is 11.7 Å². The molecule has 72 valence electrons. The van der Waals surface area contributed by atoms with Crippen LogP contribution in [0.2, 0.25) is 0 Å². The van der Waals surface area contributed by atoms with Gasteiger partial charge in [0.2, 0.25) is 0 Å². The molecule has 2 N–H and O–H groups in total. The van der Waals surface area contributed by atoms with Crippen LogP contribution in [0.25, 0.3) is 0 Å². The zero-order valence-electron chi connectivity index (χ0n) is 7.03. The first-order chi connectivity index (χ1) is 6.29. The lowest BCUT2D eigenvalue weighted by Crippen LogP contribution is -2.40. The summed E-state index contributed by atoms with van der Waals surface area (Å²) in [6.07, 6.45) is 2.45. The Morgan fingerprint density at radius 2 is 2.62 bits per heavy atom. The van der Waals surface area contributed by atoms with E-state index in [9.17, 15) is 4.79 Å². The van der Waals surface area contributed by atoms with Crippen LogP contribution in [0.3, 0.4) is 0 Å². The first-order valence-electron chi connectivity index (χ1n) is 4.19. The third-order valence-electron chi connectivity index (χ3n) is 2.30. The van der Waals surface area contributed by atoms with Gasteiger partial charge in [-0.3, -0.25) is 4.79 Å². The minimum absolute atomic E-state index is 0.102. The summed E-state index contributed by atoms with van der Waals surface area (Å²) in [5.74, 6) is 0.0390. The summed E-state index contributed by atoms with van der Waals surface area (Å²) in [6.45, 7) is 0.625. The van der Waals surface area contributed by atoms with Gasteiger partial charge in [-0.25, -0.2) is 0 Å². The van der Waals surface area contributed by atoms with Crippen LogP contribution in [0.1, 0.15) is 6.42 Å². The molecule has 0 aromatic heterocycles. The van der Waals surface area contributed by atoms with E-state index >= 15 is 0 Å². The Morgan fingerprint density at radius 1 is 1.77 bits per heavy atom. The summed E-state index contributed by atoms with van der Waals surface area (Å²) in [4.78, 5) is 10.9. The molecular formula is C8H11NO3S. The highest BCUT2D eigenvalue weighted by molar-refractivity contribution is 8.00. The van der Waals surface area contributed by atoms with Crippen LogP contribution < -0.4 is 5.32 Å². The molecule has 5 heteroatoms. The first kappa shape index (κ1) is 8.74. The molecule has 0 saturated carbocycles. The van der Waals surface area contributed by atoms with Gasteiger partial charge in [-0.15, -0.1) is 11.8 Å². The Hall–Kier alpha value is -0.840. The van der Waals surface area contributed by atoms with Gasteiger partial charge in [-0.2, -0.15) is 0 Å². The molecule has 0 spiro atoms. The average molecular weight is 201 g/mol. The van der Waals surface area contributed by atoms with E-state index in [1.165, 1.54) is 11.8 Å². The summed E-state index contributed by atoms with van der Waals surface area (Å²) in [7, 11) is 0. The SMILES string of the molecule is O=C(O)C1SCNC2=COCCC21. The minimum atomic E-state index is -0.718. The van der Waals surface area contributed by atoms with E-state index in [1.807, 2.05) is 0 Å². The molecule has 4 nitrogen and oxygen atoms in total. The van der Waals surface area contributed by atoms with E-state index in [4.69, 9.17) is 9.84 Å². The Bertz CT molecular complexity index is 254. The normalized spacial score (nSPS) is 32.2. The smallest absolute Gasteiger partial charge is 0.317 e. The topological polar surface area (TPSA) is 58.6 Å². The summed E-state index contributed by atoms with van der Waals surface area (Å²) < 4.78 is 5.14. The number of ether oxygens (including phenoxy) is 1. The van der Waals surface area contributed by atoms with Crippen LogP contribution in [0.15, 0.2) is 12.0 Å². The number of fused-ring (bicyclic) bond motifs is 1. The molecule has 1 fully saturated rings. The van der Waals surface area contributed by atoms with Crippen LogP contribution >= 0.6 is 11.8 Å². The van der Waals surface area contributed by atoms with Crippen molar-refractivity contribution in [3.63, 3.8) is 0 Å². The van der Waals surface area contributed by atoms with E-state index < -0.39 is 5.97 Å². The lowest BCUT2D eigenvalue weighted by atomic mass is 9.96. The standard InChI is InChI=1S/C8H11NO3S/c10-8(11)7-5-1-2-12-3-6(5)9-4-13-7/h3,5,7,9H,1-2,4H2,(H,10,11). The Morgan fingerprint density at radius 3 is 3.38 bits per heavy atom. The molecule has 0 aliphatic carbocycles. The number of allylic oxidation sites excluding steroid dienone is 1. The molecule has 2 aliphatic rings. The number of carbonyl (C=O) groups is 1. The average Bonchev–Trinajstić information content (AvgIpc) is 2.17. The maximum atomic E-state index is 10.9. The minimum Gasteiger partial charge on any atom is -0.499 e. The summed E-state index contributed by atoms with van der Waals surface area (Å²) in [5, 5.41) is 11.8. The molecule has 2 rings (SSSR count). The largest absolute Gasteiger partial charge is 0.499 e. The quantitative estimate of drug-likeness (QED) is 0.651. The lowest BCUT2D eigenvalue weighted by molar-refractivity contribution is -0.137. The zero-order chi connectivity index (χ0) is 9.26. The summed E-state index contributed by atoms with van der Waals surface area (Å²) >= 11 is 1.45. The highest BCUT2D eigenvalue weighted by Gasteiger charge is 2.36. The molecule has 2 atom stereocenters. The molecule has 1 saturated heterocycles. The summed E-state index contributed by atoms with van der Waals surface area (Å²) in [6, 6.07) is 0. The first-order valence-corrected chi connectivity index (χ1v) is 5.24. The van der Waals surface area contributed by atoms with Crippen molar-refractivity contribution in [2.75, 3.05) is 12.5 Å². The van der Waals surface area contributed by atoms with Gasteiger partial charge >= 0.3 is 5.97 Å². The lowest BCUT2D eigenvalue weighted by Gasteiger charge is -2.33. The van der Waals surface area contributed by atoms with Crippen LogP contribution in [0, 0.1) is 5.92 Å². The molecular weight excluding hydrogens is 190 g/mol. The molecule has 0 amide bonds. The second-order valence-electron chi connectivity index (χ2n) is 3.09. The number of hydrogen-bond donors (Lipinski definition) is 2. The molecule has 2 aliphatic heterocycles. The highest BCUT2D eigenvalue weighted by atomic mass is 32.2. The van der Waals surface area contributed by atoms with Crippen molar-refractivity contribution in [1.29, 1.82) is 0 Å². The van der Waals surface area contributed by atoms with Gasteiger partial charge in [-0.1, -0.05) is 0 Å². The van der Waals surface area contributed by atoms with E-state index in [1.54, 1.807) is 6.26 Å². The van der Waals surface area contributed by atoms with E-state index in [-0.39, 0.29) is 11.2 Å². The second-order valence-corrected chi connectivity index (χ2v) is 4.22. The van der Waals surface area contributed by atoms with Crippen LogP contribution in [0.4, 0.5) is 0 Å². The monoisotopic (exact) mass is 201 g/mol. The van der Waals surface area contributed by atoms with Crippen LogP contribution in [0.5, 0.6) is 0 Å². The van der Waals surface area contributed by atoms with Gasteiger partial charge in [0, 0.05) is 5.92 Å². The molecule has 0 aromatic rings. The van der Waals surface area contributed by atoms with Crippen LogP contribution in [-0.4, -0.2) is 28.8 Å². The molecule has 0 radical (unpaired) electrons.